The molecule has 1 N–H and O–H groups in total. The fourth-order valence-corrected chi connectivity index (χ4v) is 3.43. The second-order valence-electron chi connectivity index (χ2n) is 7.47. The second-order valence-corrected chi connectivity index (χ2v) is 7.47. The Morgan fingerprint density at radius 1 is 1.28 bits per heavy atom. The molecule has 1 saturated heterocycles. The van der Waals surface area contributed by atoms with Gasteiger partial charge in [-0.05, 0) is 30.3 Å². The highest BCUT2D eigenvalue weighted by Gasteiger charge is 2.32. The molecule has 4 rings (SSSR count). The van der Waals surface area contributed by atoms with Crippen molar-refractivity contribution >= 4 is 28.6 Å². The van der Waals surface area contributed by atoms with E-state index in [-0.39, 0.29) is 30.2 Å². The second kappa shape index (κ2) is 7.58. The van der Waals surface area contributed by atoms with Crippen molar-refractivity contribution in [3.8, 4) is 5.75 Å². The summed E-state index contributed by atoms with van der Waals surface area (Å²) in [5, 5.41) is 2.96. The Hall–Kier alpha value is -3.35. The van der Waals surface area contributed by atoms with Gasteiger partial charge in [-0.15, -0.1) is 0 Å². The molecule has 2 aromatic carbocycles. The Labute approximate surface area is 168 Å². The third-order valence-corrected chi connectivity index (χ3v) is 4.99. The maximum Gasteiger partial charge on any atom is 0.251 e. The standard InChI is InChI=1S/C22H23N3O4/c1-13(2)22-24-18-9-14(7-8-19(18)29-22)21(27)23-15-10-20(26)25(12-15)16-5-4-6-17(11-16)28-3/h4-9,11,13,15H,10,12H2,1-3H3,(H,23,27). The highest BCUT2D eigenvalue weighted by molar-refractivity contribution is 6.00. The third kappa shape index (κ3) is 3.81. The number of hydrogen-bond acceptors (Lipinski definition) is 5. The van der Waals surface area contributed by atoms with E-state index in [1.54, 1.807) is 30.2 Å². The predicted molar refractivity (Wildman–Crippen MR) is 109 cm³/mol. The number of benzene rings is 2. The Bertz CT molecular complexity index is 1070. The van der Waals surface area contributed by atoms with Crippen molar-refractivity contribution in [3.63, 3.8) is 0 Å². The molecule has 1 aliphatic rings. The van der Waals surface area contributed by atoms with Gasteiger partial charge in [-0.3, -0.25) is 9.59 Å². The Kier molecular flexibility index (Phi) is 4.96. The van der Waals surface area contributed by atoms with Crippen LogP contribution in [0.4, 0.5) is 5.69 Å². The first-order valence-corrected chi connectivity index (χ1v) is 9.60. The van der Waals surface area contributed by atoms with Crippen LogP contribution in [0.1, 0.15) is 42.4 Å². The summed E-state index contributed by atoms with van der Waals surface area (Å²) in [5.74, 6) is 1.24. The van der Waals surface area contributed by atoms with E-state index in [9.17, 15) is 9.59 Å². The summed E-state index contributed by atoms with van der Waals surface area (Å²) in [5.41, 5.74) is 2.57. The average molecular weight is 393 g/mol. The lowest BCUT2D eigenvalue weighted by Gasteiger charge is -2.18. The molecule has 1 aliphatic heterocycles. The number of carbonyl (C=O) groups excluding carboxylic acids is 2. The van der Waals surface area contributed by atoms with E-state index in [4.69, 9.17) is 9.15 Å². The van der Waals surface area contributed by atoms with E-state index in [0.717, 1.165) is 5.69 Å². The quantitative estimate of drug-likeness (QED) is 0.717. The summed E-state index contributed by atoms with van der Waals surface area (Å²) >= 11 is 0. The van der Waals surface area contributed by atoms with Gasteiger partial charge in [0.15, 0.2) is 11.5 Å². The summed E-state index contributed by atoms with van der Waals surface area (Å²) in [6.07, 6.45) is 0.257. The van der Waals surface area contributed by atoms with E-state index < -0.39 is 0 Å². The number of fused-ring (bicyclic) bond motifs is 1. The average Bonchev–Trinajstić information content (AvgIpc) is 3.30. The number of carbonyl (C=O) groups is 2. The number of amides is 2. The summed E-state index contributed by atoms with van der Waals surface area (Å²) in [6, 6.07) is 12.3. The van der Waals surface area contributed by atoms with Crippen molar-refractivity contribution in [2.24, 2.45) is 0 Å². The zero-order chi connectivity index (χ0) is 20.5. The van der Waals surface area contributed by atoms with Gasteiger partial charge in [-0.25, -0.2) is 4.98 Å². The Morgan fingerprint density at radius 2 is 2.10 bits per heavy atom. The number of rotatable bonds is 5. The van der Waals surface area contributed by atoms with Crippen molar-refractivity contribution in [1.29, 1.82) is 0 Å². The van der Waals surface area contributed by atoms with Crippen LogP contribution in [0.25, 0.3) is 11.1 Å². The van der Waals surface area contributed by atoms with Crippen LogP contribution < -0.4 is 15.0 Å². The topological polar surface area (TPSA) is 84.7 Å². The number of nitrogens with one attached hydrogen (secondary N) is 1. The molecule has 150 valence electrons. The van der Waals surface area contributed by atoms with Gasteiger partial charge in [-0.2, -0.15) is 0 Å². The maximum atomic E-state index is 12.7. The minimum absolute atomic E-state index is 0.0305. The molecular weight excluding hydrogens is 370 g/mol. The lowest BCUT2D eigenvalue weighted by atomic mass is 10.1. The number of oxazole rings is 1. The molecule has 3 aromatic rings. The lowest BCUT2D eigenvalue weighted by Crippen LogP contribution is -2.37. The van der Waals surface area contributed by atoms with Gasteiger partial charge in [0.05, 0.1) is 13.2 Å². The molecule has 1 atom stereocenters. The highest BCUT2D eigenvalue weighted by Crippen LogP contribution is 2.26. The van der Waals surface area contributed by atoms with E-state index in [0.29, 0.717) is 34.8 Å². The molecule has 2 amide bonds. The minimum Gasteiger partial charge on any atom is -0.497 e. The fraction of sp³-hybridized carbons (Fsp3) is 0.318. The van der Waals surface area contributed by atoms with E-state index in [2.05, 4.69) is 10.3 Å². The van der Waals surface area contributed by atoms with Crippen LogP contribution in [0.5, 0.6) is 5.75 Å². The minimum atomic E-state index is -0.263. The molecule has 1 fully saturated rings. The van der Waals surface area contributed by atoms with Gasteiger partial charge in [0, 0.05) is 36.2 Å². The summed E-state index contributed by atoms with van der Waals surface area (Å²) < 4.78 is 10.9. The molecule has 7 heteroatoms. The van der Waals surface area contributed by atoms with Gasteiger partial charge >= 0.3 is 0 Å². The molecular formula is C22H23N3O4. The van der Waals surface area contributed by atoms with Crippen LogP contribution in [0.15, 0.2) is 46.9 Å². The van der Waals surface area contributed by atoms with Crippen LogP contribution >= 0.6 is 0 Å². The number of aromatic nitrogens is 1. The number of nitrogens with zero attached hydrogens (tertiary/aromatic N) is 2. The monoisotopic (exact) mass is 393 g/mol. The van der Waals surface area contributed by atoms with Gasteiger partial charge in [0.2, 0.25) is 5.91 Å². The van der Waals surface area contributed by atoms with Gasteiger partial charge in [0.25, 0.3) is 5.91 Å². The summed E-state index contributed by atoms with van der Waals surface area (Å²) in [7, 11) is 1.59. The van der Waals surface area contributed by atoms with E-state index in [1.807, 2.05) is 38.1 Å². The van der Waals surface area contributed by atoms with Gasteiger partial charge in [0.1, 0.15) is 11.3 Å². The van der Waals surface area contributed by atoms with Gasteiger partial charge < -0.3 is 19.4 Å². The zero-order valence-corrected chi connectivity index (χ0v) is 16.6. The first-order chi connectivity index (χ1) is 13.9. The third-order valence-electron chi connectivity index (χ3n) is 4.99. The Morgan fingerprint density at radius 3 is 2.86 bits per heavy atom. The summed E-state index contributed by atoms with van der Waals surface area (Å²) in [6.45, 7) is 4.43. The SMILES string of the molecule is COc1cccc(N2CC(NC(=O)c3ccc4oc(C(C)C)nc4c3)CC2=O)c1. The maximum absolute atomic E-state index is 12.7. The van der Waals surface area contributed by atoms with Crippen LogP contribution in [-0.2, 0) is 4.79 Å². The molecule has 0 aliphatic carbocycles. The Balaban J connectivity index is 1.47. The van der Waals surface area contributed by atoms with Crippen molar-refractivity contribution in [3.05, 3.63) is 53.9 Å². The van der Waals surface area contributed by atoms with Crippen LogP contribution in [-0.4, -0.2) is 36.5 Å². The zero-order valence-electron chi connectivity index (χ0n) is 16.6. The molecule has 0 bridgehead atoms. The van der Waals surface area contributed by atoms with Crippen LogP contribution in [0, 0.1) is 0 Å². The molecule has 0 spiro atoms. The van der Waals surface area contributed by atoms with Crippen molar-refractivity contribution in [2.45, 2.75) is 32.2 Å². The smallest absolute Gasteiger partial charge is 0.251 e. The molecule has 1 aromatic heterocycles. The number of hydrogen-bond donors (Lipinski definition) is 1. The molecule has 1 unspecified atom stereocenters. The van der Waals surface area contributed by atoms with Crippen LogP contribution in [0.2, 0.25) is 0 Å². The van der Waals surface area contributed by atoms with E-state index >= 15 is 0 Å². The van der Waals surface area contributed by atoms with Crippen molar-refractivity contribution in [1.82, 2.24) is 10.3 Å². The molecule has 0 saturated carbocycles. The number of anilines is 1. The number of methoxy groups -OCH3 is 1. The summed E-state index contributed by atoms with van der Waals surface area (Å²) in [4.78, 5) is 31.3. The number of ether oxygens (including phenoxy) is 1. The lowest BCUT2D eigenvalue weighted by molar-refractivity contribution is -0.117. The van der Waals surface area contributed by atoms with Crippen molar-refractivity contribution in [2.75, 3.05) is 18.6 Å². The highest BCUT2D eigenvalue weighted by atomic mass is 16.5. The molecule has 0 radical (unpaired) electrons. The first-order valence-electron chi connectivity index (χ1n) is 9.60. The van der Waals surface area contributed by atoms with Gasteiger partial charge in [-0.1, -0.05) is 19.9 Å². The molecule has 7 nitrogen and oxygen atoms in total. The fourth-order valence-electron chi connectivity index (χ4n) is 3.43. The first kappa shape index (κ1) is 19.0. The predicted octanol–water partition coefficient (Wildman–Crippen LogP) is 3.50. The molecule has 29 heavy (non-hydrogen) atoms. The molecule has 2 heterocycles. The van der Waals surface area contributed by atoms with E-state index in [1.165, 1.54) is 0 Å². The normalized spacial score (nSPS) is 16.6. The van der Waals surface area contributed by atoms with Crippen LogP contribution in [0.3, 0.4) is 0 Å². The van der Waals surface area contributed by atoms with Crippen molar-refractivity contribution < 1.29 is 18.7 Å². The largest absolute Gasteiger partial charge is 0.497 e.